The quantitative estimate of drug-likeness (QED) is 0.174. The van der Waals surface area contributed by atoms with Crippen molar-refractivity contribution in [3.8, 4) is 67.8 Å². The Morgan fingerprint density at radius 3 is 1.48 bits per heavy atom. The Kier molecular flexibility index (Phi) is 11.7. The molecular formula is C42H28Cl6N6. The van der Waals surface area contributed by atoms with Crippen molar-refractivity contribution in [2.75, 3.05) is 0 Å². The smallest absolute Gasteiger partial charge is 0.144 e. The molecule has 4 heterocycles. The number of nitrogens with zero attached hydrogens (tertiary/aromatic N) is 5. The minimum atomic E-state index is 0.537. The second-order valence-electron chi connectivity index (χ2n) is 11.9. The molecule has 0 bridgehead atoms. The van der Waals surface area contributed by atoms with E-state index in [0.717, 1.165) is 56.4 Å². The average molecular weight is 829 g/mol. The van der Waals surface area contributed by atoms with Gasteiger partial charge in [0.15, 0.2) is 0 Å². The standard InChI is InChI=1S/C22H16Cl3N3.C20H12Cl3N3/c1-2-28-21(15-6-8-16(23)9-7-15)20(14-10-12-26-13-11-14)27-22(28)19-17(24)4-3-5-18(19)25;21-14-6-4-12(5-7-14)18-19(13-8-10-24-11-9-13)26-20(25-18)17-15(22)2-1-3-16(17)23/h3-13H,2H2,1H3;1-11H,(H,25,26). The summed E-state index contributed by atoms with van der Waals surface area (Å²) >= 11 is 37.9. The van der Waals surface area contributed by atoms with Gasteiger partial charge >= 0.3 is 0 Å². The number of hydrogen-bond acceptors (Lipinski definition) is 4. The van der Waals surface area contributed by atoms with Gasteiger partial charge in [0.2, 0.25) is 0 Å². The third kappa shape index (κ3) is 7.91. The van der Waals surface area contributed by atoms with Gasteiger partial charge in [-0.25, -0.2) is 9.97 Å². The molecule has 8 aromatic rings. The number of aromatic nitrogens is 6. The highest BCUT2D eigenvalue weighted by Gasteiger charge is 2.23. The summed E-state index contributed by atoms with van der Waals surface area (Å²) in [5.41, 5.74) is 8.76. The van der Waals surface area contributed by atoms with Crippen LogP contribution in [0, 0.1) is 0 Å². The van der Waals surface area contributed by atoms with Crippen molar-refractivity contribution in [3.05, 3.63) is 164 Å². The number of aromatic amines is 1. The summed E-state index contributed by atoms with van der Waals surface area (Å²) in [7, 11) is 0. The molecule has 0 fully saturated rings. The van der Waals surface area contributed by atoms with E-state index in [1.807, 2.05) is 91.0 Å². The number of hydrogen-bond donors (Lipinski definition) is 1. The third-order valence-corrected chi connectivity index (χ3v) is 10.3. The molecule has 54 heavy (non-hydrogen) atoms. The molecule has 8 rings (SSSR count). The summed E-state index contributed by atoms with van der Waals surface area (Å²) in [6.07, 6.45) is 7.00. The number of nitrogens with one attached hydrogen (secondary N) is 1. The van der Waals surface area contributed by atoms with E-state index in [-0.39, 0.29) is 0 Å². The monoisotopic (exact) mass is 826 g/mol. The van der Waals surface area contributed by atoms with Crippen LogP contribution < -0.4 is 0 Å². The maximum absolute atomic E-state index is 6.50. The van der Waals surface area contributed by atoms with Crippen LogP contribution in [0.15, 0.2) is 134 Å². The lowest BCUT2D eigenvalue weighted by molar-refractivity contribution is 0.778. The van der Waals surface area contributed by atoms with Gasteiger partial charge in [-0.05, 0) is 79.7 Å². The fraction of sp³-hybridized carbons (Fsp3) is 0.0476. The molecule has 0 saturated carbocycles. The van der Waals surface area contributed by atoms with E-state index in [4.69, 9.17) is 79.6 Å². The molecule has 268 valence electrons. The van der Waals surface area contributed by atoms with E-state index < -0.39 is 0 Å². The van der Waals surface area contributed by atoms with Gasteiger partial charge in [-0.3, -0.25) is 9.97 Å². The van der Waals surface area contributed by atoms with Gasteiger partial charge in [0.1, 0.15) is 11.6 Å². The zero-order valence-electron chi connectivity index (χ0n) is 28.4. The van der Waals surface area contributed by atoms with Crippen molar-refractivity contribution < 1.29 is 0 Å². The summed E-state index contributed by atoms with van der Waals surface area (Å²) < 4.78 is 2.13. The van der Waals surface area contributed by atoms with Gasteiger partial charge in [-0.2, -0.15) is 0 Å². The van der Waals surface area contributed by atoms with E-state index in [1.54, 1.807) is 43.0 Å². The molecule has 4 aromatic heterocycles. The van der Waals surface area contributed by atoms with Crippen molar-refractivity contribution in [1.82, 2.24) is 29.5 Å². The third-order valence-electron chi connectivity index (χ3n) is 8.53. The topological polar surface area (TPSA) is 72.3 Å². The zero-order valence-corrected chi connectivity index (χ0v) is 32.9. The van der Waals surface area contributed by atoms with Gasteiger partial charge in [0.05, 0.1) is 54.0 Å². The average Bonchev–Trinajstić information content (AvgIpc) is 3.79. The highest BCUT2D eigenvalue weighted by atomic mass is 35.5. The van der Waals surface area contributed by atoms with Gasteiger partial charge in [-0.1, -0.05) is 106 Å². The van der Waals surface area contributed by atoms with Crippen LogP contribution in [0.1, 0.15) is 6.92 Å². The second kappa shape index (κ2) is 16.8. The molecule has 0 aliphatic rings. The van der Waals surface area contributed by atoms with Crippen molar-refractivity contribution in [2.24, 2.45) is 0 Å². The predicted molar refractivity (Wildman–Crippen MR) is 225 cm³/mol. The molecule has 0 spiro atoms. The molecular weight excluding hydrogens is 801 g/mol. The van der Waals surface area contributed by atoms with E-state index in [0.29, 0.717) is 48.1 Å². The van der Waals surface area contributed by atoms with Crippen LogP contribution in [0.3, 0.4) is 0 Å². The molecule has 12 heteroatoms. The molecule has 0 amide bonds. The van der Waals surface area contributed by atoms with Crippen LogP contribution >= 0.6 is 69.6 Å². The highest BCUT2D eigenvalue weighted by molar-refractivity contribution is 6.39. The number of imidazole rings is 2. The first-order chi connectivity index (χ1) is 26.2. The first kappa shape index (κ1) is 37.6. The summed E-state index contributed by atoms with van der Waals surface area (Å²) in [5.74, 6) is 1.34. The van der Waals surface area contributed by atoms with Gasteiger partial charge < -0.3 is 9.55 Å². The molecule has 1 N–H and O–H groups in total. The predicted octanol–water partition coefficient (Wildman–Crippen LogP) is 14.0. The Bertz CT molecular complexity index is 2490. The number of pyridine rings is 2. The highest BCUT2D eigenvalue weighted by Crippen LogP contribution is 2.41. The minimum absolute atomic E-state index is 0.537. The SMILES string of the molecule is CCn1c(-c2c(Cl)cccc2Cl)nc(-c2ccncc2)c1-c1ccc(Cl)cc1.Clc1ccc(-c2nc(-c3c(Cl)cccc3Cl)[nH]c2-c2ccncc2)cc1. The molecule has 0 atom stereocenters. The first-order valence-corrected chi connectivity index (χ1v) is 18.9. The van der Waals surface area contributed by atoms with E-state index in [9.17, 15) is 0 Å². The Hall–Kier alpha value is -4.66. The molecule has 0 aliphatic carbocycles. The fourth-order valence-corrected chi connectivity index (χ4v) is 7.43. The Morgan fingerprint density at radius 2 is 0.963 bits per heavy atom. The second-order valence-corrected chi connectivity index (χ2v) is 14.4. The summed E-state index contributed by atoms with van der Waals surface area (Å²) in [6, 6.07) is 33.9. The molecule has 0 saturated heterocycles. The fourth-order valence-electron chi connectivity index (χ4n) is 6.03. The molecule has 0 unspecified atom stereocenters. The lowest BCUT2D eigenvalue weighted by atomic mass is 10.1. The van der Waals surface area contributed by atoms with Gasteiger partial charge in [0, 0.05) is 63.6 Å². The van der Waals surface area contributed by atoms with E-state index in [2.05, 4.69) is 26.4 Å². The van der Waals surface area contributed by atoms with Crippen molar-refractivity contribution >= 4 is 69.6 Å². The zero-order chi connectivity index (χ0) is 37.8. The summed E-state index contributed by atoms with van der Waals surface area (Å²) in [6.45, 7) is 2.78. The Balaban J connectivity index is 0.000000167. The van der Waals surface area contributed by atoms with E-state index in [1.165, 1.54) is 0 Å². The van der Waals surface area contributed by atoms with Crippen molar-refractivity contribution in [2.45, 2.75) is 13.5 Å². The van der Waals surface area contributed by atoms with Crippen LogP contribution in [0.2, 0.25) is 30.1 Å². The molecule has 0 radical (unpaired) electrons. The van der Waals surface area contributed by atoms with Crippen LogP contribution in [-0.4, -0.2) is 29.5 Å². The van der Waals surface area contributed by atoms with Crippen LogP contribution in [0.5, 0.6) is 0 Å². The first-order valence-electron chi connectivity index (χ1n) is 16.7. The molecule has 6 nitrogen and oxygen atoms in total. The Morgan fingerprint density at radius 1 is 0.500 bits per heavy atom. The minimum Gasteiger partial charge on any atom is -0.337 e. The van der Waals surface area contributed by atoms with Crippen LogP contribution in [-0.2, 0) is 6.54 Å². The normalized spacial score (nSPS) is 10.9. The maximum atomic E-state index is 6.50. The van der Waals surface area contributed by atoms with Crippen molar-refractivity contribution in [1.29, 1.82) is 0 Å². The lowest BCUT2D eigenvalue weighted by Gasteiger charge is -2.12. The largest absolute Gasteiger partial charge is 0.337 e. The Labute approximate surface area is 342 Å². The maximum Gasteiger partial charge on any atom is 0.144 e. The summed E-state index contributed by atoms with van der Waals surface area (Å²) in [5, 5.41) is 3.56. The van der Waals surface area contributed by atoms with Gasteiger partial charge in [-0.15, -0.1) is 0 Å². The number of benzene rings is 4. The van der Waals surface area contributed by atoms with Crippen molar-refractivity contribution in [3.63, 3.8) is 0 Å². The van der Waals surface area contributed by atoms with Crippen LogP contribution in [0.4, 0.5) is 0 Å². The van der Waals surface area contributed by atoms with E-state index >= 15 is 0 Å². The number of rotatable bonds is 7. The van der Waals surface area contributed by atoms with Crippen LogP contribution in [0.25, 0.3) is 67.8 Å². The number of H-pyrrole nitrogens is 1. The summed E-state index contributed by atoms with van der Waals surface area (Å²) in [4.78, 5) is 21.3. The molecule has 4 aromatic carbocycles. The van der Waals surface area contributed by atoms with Gasteiger partial charge in [0.25, 0.3) is 0 Å². The number of halogens is 6. The lowest BCUT2D eigenvalue weighted by Crippen LogP contribution is -2.01. The molecule has 0 aliphatic heterocycles.